The molecule has 0 aromatic carbocycles. The van der Waals surface area contributed by atoms with Gasteiger partial charge in [0.15, 0.2) is 0 Å². The Labute approximate surface area is 163 Å². The smallest absolute Gasteiger partial charge is 0.0465 e. The van der Waals surface area contributed by atoms with Gasteiger partial charge in [0.05, 0.1) is 0 Å². The molecule has 1 atom stereocenters. The van der Waals surface area contributed by atoms with Gasteiger partial charge in [-0.2, -0.15) is 0 Å². The van der Waals surface area contributed by atoms with E-state index in [9.17, 15) is 0 Å². The normalized spacial score (nSPS) is 24.1. The lowest BCUT2D eigenvalue weighted by Crippen LogP contribution is -2.48. The number of ether oxygens (including phenoxy) is 1. The molecule has 0 aromatic rings. The molecule has 154 valence electrons. The number of hydrogen-bond donors (Lipinski definition) is 0. The van der Waals surface area contributed by atoms with Crippen molar-refractivity contribution >= 4 is 0 Å². The van der Waals surface area contributed by atoms with Crippen LogP contribution in [0.15, 0.2) is 0 Å². The highest BCUT2D eigenvalue weighted by molar-refractivity contribution is 4.88. The third kappa shape index (κ3) is 6.80. The molecule has 0 radical (unpaired) electrons. The van der Waals surface area contributed by atoms with E-state index in [1.54, 1.807) is 0 Å². The molecule has 26 heavy (non-hydrogen) atoms. The van der Waals surface area contributed by atoms with Crippen LogP contribution in [0.25, 0.3) is 0 Å². The quantitative estimate of drug-likeness (QED) is 0.664. The molecule has 2 heterocycles. The van der Waals surface area contributed by atoms with Crippen LogP contribution >= 0.6 is 0 Å². The second-order valence-corrected chi connectivity index (χ2v) is 11.1. The molecule has 0 bridgehead atoms. The summed E-state index contributed by atoms with van der Waals surface area (Å²) < 4.78 is 5.50. The van der Waals surface area contributed by atoms with Gasteiger partial charge in [-0.15, -0.1) is 0 Å². The van der Waals surface area contributed by atoms with Crippen LogP contribution in [0.5, 0.6) is 0 Å². The number of methoxy groups -OCH3 is 1. The molecule has 3 heteroatoms. The molecule has 2 saturated heterocycles. The Morgan fingerprint density at radius 1 is 0.846 bits per heavy atom. The van der Waals surface area contributed by atoms with E-state index in [1.807, 2.05) is 7.11 Å². The lowest BCUT2D eigenvalue weighted by molar-refractivity contribution is 0.0270. The molecule has 0 spiro atoms. The van der Waals surface area contributed by atoms with Crippen molar-refractivity contribution in [3.8, 4) is 0 Å². The summed E-state index contributed by atoms with van der Waals surface area (Å²) in [5, 5.41) is 0. The van der Waals surface area contributed by atoms with Crippen LogP contribution in [-0.2, 0) is 4.74 Å². The SMILES string of the molecule is COCCC(C1CCN(CC(C)(C)C)CC1)C1CCN(C(C)(C)C)CC1. The summed E-state index contributed by atoms with van der Waals surface area (Å²) in [5.41, 5.74) is 0.743. The number of likely N-dealkylation sites (tertiary alicyclic amines) is 2. The molecule has 0 amide bonds. The summed E-state index contributed by atoms with van der Waals surface area (Å²) in [4.78, 5) is 5.38. The van der Waals surface area contributed by atoms with Gasteiger partial charge in [-0.3, -0.25) is 4.90 Å². The van der Waals surface area contributed by atoms with Crippen molar-refractivity contribution in [3.05, 3.63) is 0 Å². The van der Waals surface area contributed by atoms with E-state index in [0.717, 1.165) is 24.4 Å². The number of piperidine rings is 2. The van der Waals surface area contributed by atoms with Crippen molar-refractivity contribution in [2.45, 2.75) is 79.2 Å². The highest BCUT2D eigenvalue weighted by Gasteiger charge is 2.36. The Kier molecular flexibility index (Phi) is 8.00. The average molecular weight is 367 g/mol. The first kappa shape index (κ1) is 22.2. The second kappa shape index (κ2) is 9.39. The highest BCUT2D eigenvalue weighted by atomic mass is 16.5. The standard InChI is InChI=1S/C23H46N2O/c1-22(2,3)18-24-13-8-19(9-14-24)21(12-17-26-7)20-10-15-25(16-11-20)23(4,5)6/h19-21H,8-18H2,1-7H3. The maximum Gasteiger partial charge on any atom is 0.0465 e. The molecule has 2 fully saturated rings. The molecule has 0 aliphatic carbocycles. The largest absolute Gasteiger partial charge is 0.385 e. The van der Waals surface area contributed by atoms with Gasteiger partial charge in [-0.05, 0) is 102 Å². The number of nitrogens with zero attached hydrogens (tertiary/aromatic N) is 2. The maximum atomic E-state index is 5.50. The molecule has 2 aliphatic heterocycles. The minimum atomic E-state index is 0.325. The van der Waals surface area contributed by atoms with Gasteiger partial charge >= 0.3 is 0 Å². The first-order chi connectivity index (χ1) is 12.1. The number of hydrogen-bond acceptors (Lipinski definition) is 3. The Morgan fingerprint density at radius 2 is 1.35 bits per heavy atom. The molecular weight excluding hydrogens is 320 g/mol. The van der Waals surface area contributed by atoms with Gasteiger partial charge in [0.25, 0.3) is 0 Å². The van der Waals surface area contributed by atoms with Crippen molar-refractivity contribution in [3.63, 3.8) is 0 Å². The average Bonchev–Trinajstić information content (AvgIpc) is 2.55. The van der Waals surface area contributed by atoms with Crippen LogP contribution in [0.2, 0.25) is 0 Å². The molecule has 2 aliphatic rings. The molecule has 0 N–H and O–H groups in total. The molecular formula is C23H46N2O. The molecule has 0 saturated carbocycles. The van der Waals surface area contributed by atoms with Crippen LogP contribution in [0.1, 0.15) is 73.6 Å². The molecule has 0 aromatic heterocycles. The van der Waals surface area contributed by atoms with E-state index in [1.165, 1.54) is 64.8 Å². The lowest BCUT2D eigenvalue weighted by atomic mass is 9.71. The highest BCUT2D eigenvalue weighted by Crippen LogP contribution is 2.39. The summed E-state index contributed by atoms with van der Waals surface area (Å²) in [6.45, 7) is 21.5. The zero-order valence-corrected chi connectivity index (χ0v) is 18.8. The monoisotopic (exact) mass is 366 g/mol. The number of rotatable bonds is 6. The van der Waals surface area contributed by atoms with Gasteiger partial charge in [0, 0.05) is 25.8 Å². The van der Waals surface area contributed by atoms with Gasteiger partial charge in [0.2, 0.25) is 0 Å². The van der Waals surface area contributed by atoms with Gasteiger partial charge in [-0.1, -0.05) is 20.8 Å². The van der Waals surface area contributed by atoms with E-state index in [0.29, 0.717) is 11.0 Å². The molecule has 3 nitrogen and oxygen atoms in total. The summed E-state index contributed by atoms with van der Waals surface area (Å²) >= 11 is 0. The summed E-state index contributed by atoms with van der Waals surface area (Å²) in [5.74, 6) is 2.68. The Balaban J connectivity index is 1.90. The predicted octanol–water partition coefficient (Wildman–Crippen LogP) is 4.91. The second-order valence-electron chi connectivity index (χ2n) is 11.1. The predicted molar refractivity (Wildman–Crippen MR) is 113 cm³/mol. The molecule has 1 unspecified atom stereocenters. The minimum absolute atomic E-state index is 0.325. The zero-order valence-electron chi connectivity index (χ0n) is 18.8. The Bertz CT molecular complexity index is 393. The summed E-state index contributed by atoms with van der Waals surface area (Å²) in [6, 6.07) is 0. The van der Waals surface area contributed by atoms with E-state index >= 15 is 0 Å². The fourth-order valence-electron chi connectivity index (χ4n) is 5.32. The van der Waals surface area contributed by atoms with Gasteiger partial charge in [-0.25, -0.2) is 0 Å². The fraction of sp³-hybridized carbons (Fsp3) is 1.00. The third-order valence-electron chi connectivity index (χ3n) is 6.68. The van der Waals surface area contributed by atoms with Crippen molar-refractivity contribution in [2.75, 3.05) is 46.4 Å². The first-order valence-electron chi connectivity index (χ1n) is 11.1. The van der Waals surface area contributed by atoms with E-state index < -0.39 is 0 Å². The first-order valence-corrected chi connectivity index (χ1v) is 11.1. The van der Waals surface area contributed by atoms with Crippen LogP contribution in [0, 0.1) is 23.2 Å². The van der Waals surface area contributed by atoms with Crippen LogP contribution in [0.3, 0.4) is 0 Å². The third-order valence-corrected chi connectivity index (χ3v) is 6.68. The van der Waals surface area contributed by atoms with Gasteiger partial charge < -0.3 is 9.64 Å². The summed E-state index contributed by atoms with van der Waals surface area (Å²) in [7, 11) is 1.87. The summed E-state index contributed by atoms with van der Waals surface area (Å²) in [6.07, 6.45) is 6.82. The lowest BCUT2D eigenvalue weighted by Gasteiger charge is -2.46. The van der Waals surface area contributed by atoms with Gasteiger partial charge in [0.1, 0.15) is 0 Å². The maximum absolute atomic E-state index is 5.50. The fourth-order valence-corrected chi connectivity index (χ4v) is 5.32. The topological polar surface area (TPSA) is 15.7 Å². The van der Waals surface area contributed by atoms with E-state index in [4.69, 9.17) is 4.74 Å². The van der Waals surface area contributed by atoms with Crippen LogP contribution in [-0.4, -0.2) is 61.8 Å². The van der Waals surface area contributed by atoms with Crippen molar-refractivity contribution in [1.82, 2.24) is 9.80 Å². The van der Waals surface area contributed by atoms with Crippen molar-refractivity contribution < 1.29 is 4.74 Å². The van der Waals surface area contributed by atoms with Crippen molar-refractivity contribution in [1.29, 1.82) is 0 Å². The van der Waals surface area contributed by atoms with Crippen LogP contribution < -0.4 is 0 Å². The minimum Gasteiger partial charge on any atom is -0.385 e. The Hall–Kier alpha value is -0.120. The van der Waals surface area contributed by atoms with E-state index in [-0.39, 0.29) is 0 Å². The zero-order chi connectivity index (χ0) is 19.4. The Morgan fingerprint density at radius 3 is 1.77 bits per heavy atom. The van der Waals surface area contributed by atoms with Crippen molar-refractivity contribution in [2.24, 2.45) is 23.2 Å². The molecule has 2 rings (SSSR count). The van der Waals surface area contributed by atoms with Crippen LogP contribution in [0.4, 0.5) is 0 Å². The van der Waals surface area contributed by atoms with E-state index in [2.05, 4.69) is 51.3 Å².